The molecular formula is C19H22N2O5S. The van der Waals surface area contributed by atoms with Crippen molar-refractivity contribution < 1.29 is 23.1 Å². The summed E-state index contributed by atoms with van der Waals surface area (Å²) in [4.78, 5) is 23.8. The molecule has 27 heavy (non-hydrogen) atoms. The van der Waals surface area contributed by atoms with Crippen LogP contribution in [0.1, 0.15) is 28.4 Å². The molecule has 2 aromatic carbocycles. The summed E-state index contributed by atoms with van der Waals surface area (Å²) in [5, 5.41) is 11.9. The van der Waals surface area contributed by atoms with Crippen LogP contribution in [-0.4, -0.2) is 37.2 Å². The van der Waals surface area contributed by atoms with Crippen LogP contribution in [0.4, 0.5) is 0 Å². The lowest BCUT2D eigenvalue weighted by molar-refractivity contribution is -0.139. The standard InChI is InChI=1S/C19H22N2O5S/c1-2-27(25,26)20-13-15-8-10-16(11-9-15)18(22)21-17(19(23)24)12-14-6-4-3-5-7-14/h3-11,17,20H,2,12-13H2,1H3,(H,21,22)(H,23,24)/t17-/m0/s1. The summed E-state index contributed by atoms with van der Waals surface area (Å²) >= 11 is 0. The van der Waals surface area contributed by atoms with E-state index >= 15 is 0 Å². The molecule has 0 aliphatic carbocycles. The van der Waals surface area contributed by atoms with E-state index in [9.17, 15) is 23.1 Å². The van der Waals surface area contributed by atoms with E-state index in [0.717, 1.165) is 5.56 Å². The first-order chi connectivity index (χ1) is 12.8. The van der Waals surface area contributed by atoms with Gasteiger partial charge in [0.1, 0.15) is 6.04 Å². The minimum atomic E-state index is -3.29. The van der Waals surface area contributed by atoms with E-state index in [1.54, 1.807) is 31.2 Å². The Bertz CT molecular complexity index is 880. The number of carboxylic acid groups (broad SMARTS) is 1. The van der Waals surface area contributed by atoms with Gasteiger partial charge in [-0.05, 0) is 30.2 Å². The van der Waals surface area contributed by atoms with Crippen molar-refractivity contribution in [3.8, 4) is 0 Å². The van der Waals surface area contributed by atoms with Crippen molar-refractivity contribution in [3.63, 3.8) is 0 Å². The minimum Gasteiger partial charge on any atom is -0.480 e. The molecule has 0 saturated heterocycles. The third-order valence-electron chi connectivity index (χ3n) is 3.98. The molecule has 0 aliphatic heterocycles. The van der Waals surface area contributed by atoms with E-state index in [1.165, 1.54) is 12.1 Å². The van der Waals surface area contributed by atoms with Crippen molar-refractivity contribution in [2.75, 3.05) is 5.75 Å². The van der Waals surface area contributed by atoms with Crippen LogP contribution in [0.25, 0.3) is 0 Å². The average Bonchev–Trinajstić information content (AvgIpc) is 2.67. The van der Waals surface area contributed by atoms with Gasteiger partial charge in [0.25, 0.3) is 5.91 Å². The summed E-state index contributed by atoms with van der Waals surface area (Å²) in [5.74, 6) is -1.62. The van der Waals surface area contributed by atoms with Crippen molar-refractivity contribution in [2.45, 2.75) is 25.9 Å². The fourth-order valence-electron chi connectivity index (χ4n) is 2.36. The third kappa shape index (κ3) is 6.50. The molecule has 2 rings (SSSR count). The highest BCUT2D eigenvalue weighted by Gasteiger charge is 2.21. The second-order valence-corrected chi connectivity index (χ2v) is 8.07. The maximum atomic E-state index is 12.3. The Labute approximate surface area is 158 Å². The zero-order valence-corrected chi connectivity index (χ0v) is 15.7. The normalized spacial score (nSPS) is 12.3. The molecule has 8 heteroatoms. The second-order valence-electron chi connectivity index (χ2n) is 5.98. The van der Waals surface area contributed by atoms with Gasteiger partial charge in [0, 0.05) is 18.5 Å². The first-order valence-corrected chi connectivity index (χ1v) is 10.1. The Morgan fingerprint density at radius 3 is 2.19 bits per heavy atom. The summed E-state index contributed by atoms with van der Waals surface area (Å²) in [7, 11) is -3.29. The maximum absolute atomic E-state index is 12.3. The zero-order chi connectivity index (χ0) is 19.9. The van der Waals surface area contributed by atoms with Crippen LogP contribution >= 0.6 is 0 Å². The van der Waals surface area contributed by atoms with E-state index in [2.05, 4.69) is 10.0 Å². The summed E-state index contributed by atoms with van der Waals surface area (Å²) in [5.41, 5.74) is 1.81. The van der Waals surface area contributed by atoms with Crippen LogP contribution in [0, 0.1) is 0 Å². The minimum absolute atomic E-state index is 0.00845. The van der Waals surface area contributed by atoms with Gasteiger partial charge in [-0.3, -0.25) is 4.79 Å². The van der Waals surface area contributed by atoms with E-state index < -0.39 is 27.9 Å². The van der Waals surface area contributed by atoms with E-state index in [0.29, 0.717) is 11.1 Å². The molecule has 0 saturated carbocycles. The molecule has 0 heterocycles. The van der Waals surface area contributed by atoms with Crippen molar-refractivity contribution in [1.29, 1.82) is 0 Å². The van der Waals surface area contributed by atoms with Crippen molar-refractivity contribution in [1.82, 2.24) is 10.0 Å². The van der Waals surface area contributed by atoms with Gasteiger partial charge in [0.05, 0.1) is 5.75 Å². The lowest BCUT2D eigenvalue weighted by Gasteiger charge is -2.15. The lowest BCUT2D eigenvalue weighted by atomic mass is 10.1. The number of aliphatic carboxylic acids is 1. The molecule has 0 bridgehead atoms. The number of carbonyl (C=O) groups is 2. The molecule has 0 aromatic heterocycles. The van der Waals surface area contributed by atoms with Gasteiger partial charge in [-0.25, -0.2) is 17.9 Å². The predicted octanol–water partition coefficient (Wildman–Crippen LogP) is 1.55. The molecule has 0 unspecified atom stereocenters. The molecular weight excluding hydrogens is 368 g/mol. The largest absolute Gasteiger partial charge is 0.480 e. The monoisotopic (exact) mass is 390 g/mol. The molecule has 1 atom stereocenters. The van der Waals surface area contributed by atoms with Crippen LogP contribution in [-0.2, 0) is 27.8 Å². The van der Waals surface area contributed by atoms with Crippen molar-refractivity contribution >= 4 is 21.9 Å². The number of nitrogens with one attached hydrogen (secondary N) is 2. The Morgan fingerprint density at radius 1 is 1.00 bits per heavy atom. The van der Waals surface area contributed by atoms with Crippen LogP contribution in [0.3, 0.4) is 0 Å². The maximum Gasteiger partial charge on any atom is 0.326 e. The number of benzene rings is 2. The number of carboxylic acids is 1. The summed E-state index contributed by atoms with van der Waals surface area (Å²) in [6.07, 6.45) is 0.179. The van der Waals surface area contributed by atoms with Crippen LogP contribution in [0.15, 0.2) is 54.6 Å². The van der Waals surface area contributed by atoms with E-state index in [-0.39, 0.29) is 18.7 Å². The molecule has 1 amide bonds. The summed E-state index contributed by atoms with van der Waals surface area (Å²) in [6.45, 7) is 1.67. The van der Waals surface area contributed by atoms with Crippen LogP contribution in [0.5, 0.6) is 0 Å². The number of rotatable bonds is 9. The predicted molar refractivity (Wildman–Crippen MR) is 102 cm³/mol. The number of hydrogen-bond acceptors (Lipinski definition) is 4. The highest BCUT2D eigenvalue weighted by molar-refractivity contribution is 7.89. The van der Waals surface area contributed by atoms with Gasteiger partial charge < -0.3 is 10.4 Å². The van der Waals surface area contributed by atoms with Crippen molar-refractivity contribution in [2.24, 2.45) is 0 Å². The quantitative estimate of drug-likeness (QED) is 0.601. The lowest BCUT2D eigenvalue weighted by Crippen LogP contribution is -2.42. The van der Waals surface area contributed by atoms with Gasteiger partial charge in [-0.15, -0.1) is 0 Å². The molecule has 0 radical (unpaired) electrons. The van der Waals surface area contributed by atoms with Gasteiger partial charge in [-0.2, -0.15) is 0 Å². The SMILES string of the molecule is CCS(=O)(=O)NCc1ccc(C(=O)N[C@@H](Cc2ccccc2)C(=O)O)cc1. The van der Waals surface area contributed by atoms with Gasteiger partial charge in [0.15, 0.2) is 0 Å². The van der Waals surface area contributed by atoms with Gasteiger partial charge in [0.2, 0.25) is 10.0 Å². The molecule has 3 N–H and O–H groups in total. The molecule has 0 fully saturated rings. The Hall–Kier alpha value is -2.71. The highest BCUT2D eigenvalue weighted by atomic mass is 32.2. The van der Waals surface area contributed by atoms with Gasteiger partial charge >= 0.3 is 5.97 Å². The fraction of sp³-hybridized carbons (Fsp3) is 0.263. The zero-order valence-electron chi connectivity index (χ0n) is 14.9. The molecule has 7 nitrogen and oxygen atoms in total. The van der Waals surface area contributed by atoms with Crippen LogP contribution in [0.2, 0.25) is 0 Å². The molecule has 2 aromatic rings. The topological polar surface area (TPSA) is 113 Å². The number of sulfonamides is 1. The number of carbonyl (C=O) groups excluding carboxylic acids is 1. The molecule has 0 aliphatic rings. The van der Waals surface area contributed by atoms with Gasteiger partial charge in [-0.1, -0.05) is 42.5 Å². The summed E-state index contributed by atoms with van der Waals surface area (Å²) in [6, 6.07) is 14.3. The van der Waals surface area contributed by atoms with E-state index in [1.807, 2.05) is 18.2 Å². The molecule has 0 spiro atoms. The highest BCUT2D eigenvalue weighted by Crippen LogP contribution is 2.08. The van der Waals surface area contributed by atoms with E-state index in [4.69, 9.17) is 0 Å². The third-order valence-corrected chi connectivity index (χ3v) is 5.32. The Balaban J connectivity index is 2.00. The first-order valence-electron chi connectivity index (χ1n) is 8.44. The Kier molecular flexibility index (Phi) is 7.09. The fourth-order valence-corrected chi connectivity index (χ4v) is 2.95. The summed E-state index contributed by atoms with van der Waals surface area (Å²) < 4.78 is 25.3. The average molecular weight is 390 g/mol. The smallest absolute Gasteiger partial charge is 0.326 e. The second kappa shape index (κ2) is 9.29. The Morgan fingerprint density at radius 2 is 1.63 bits per heavy atom. The number of amides is 1. The van der Waals surface area contributed by atoms with Crippen molar-refractivity contribution in [3.05, 3.63) is 71.3 Å². The van der Waals surface area contributed by atoms with Crippen LogP contribution < -0.4 is 10.0 Å². The number of hydrogen-bond donors (Lipinski definition) is 3. The molecule has 144 valence electrons. The first kappa shape index (κ1) is 20.6.